The summed E-state index contributed by atoms with van der Waals surface area (Å²) in [5.41, 5.74) is 0. The first-order chi connectivity index (χ1) is 5.72. The molecule has 0 saturated carbocycles. The van der Waals surface area contributed by atoms with E-state index in [4.69, 9.17) is 0 Å². The fourth-order valence-corrected chi connectivity index (χ4v) is 1.74. The number of piperidine rings is 1. The number of hydrogen-bond acceptors (Lipinski definition) is 1. The summed E-state index contributed by atoms with van der Waals surface area (Å²) in [6.45, 7) is 7.85. The Morgan fingerprint density at radius 2 is 2.00 bits per heavy atom. The van der Waals surface area contributed by atoms with Crippen molar-refractivity contribution in [1.29, 1.82) is 0 Å². The van der Waals surface area contributed by atoms with Crippen molar-refractivity contribution in [2.24, 2.45) is 11.8 Å². The number of likely N-dealkylation sites (tertiary alicyclic amines) is 1. The Morgan fingerprint density at radius 1 is 1.42 bits per heavy atom. The van der Waals surface area contributed by atoms with E-state index in [1.807, 2.05) is 6.92 Å². The Balaban J connectivity index is 2.17. The molecule has 1 atom stereocenters. The molecule has 12 heavy (non-hydrogen) atoms. The topological polar surface area (TPSA) is 23.1 Å². The molecule has 71 valence electrons. The lowest BCUT2D eigenvalue weighted by Gasteiger charge is -2.31. The number of nitrogens with zero attached hydrogens (tertiary/aromatic N) is 1. The molecule has 0 aromatic rings. The molecule has 0 amide bonds. The van der Waals surface area contributed by atoms with Crippen LogP contribution in [-0.4, -0.2) is 31.1 Å². The molecule has 1 saturated heterocycles. The quantitative estimate of drug-likeness (QED) is 0.633. The van der Waals surface area contributed by atoms with Gasteiger partial charge in [-0.2, -0.15) is 0 Å². The van der Waals surface area contributed by atoms with Gasteiger partial charge in [0.25, 0.3) is 0 Å². The Hall–Kier alpha value is -0.0800. The van der Waals surface area contributed by atoms with E-state index < -0.39 is 0 Å². The molecule has 1 unspecified atom stereocenters. The maximum Gasteiger partial charge on any atom is 0.0860 e. The van der Waals surface area contributed by atoms with Crippen LogP contribution in [0.25, 0.3) is 0 Å². The van der Waals surface area contributed by atoms with E-state index in [2.05, 4.69) is 11.8 Å². The molecule has 1 aliphatic heterocycles. The van der Waals surface area contributed by atoms with E-state index in [0.717, 1.165) is 12.5 Å². The second kappa shape index (κ2) is 4.83. The average molecular weight is 170 g/mol. The minimum absolute atomic E-state index is 0.0754. The third-order valence-electron chi connectivity index (χ3n) is 2.73. The maximum absolute atomic E-state index is 10.5. The second-order valence-corrected chi connectivity index (χ2v) is 4.25. The average Bonchev–Trinajstić information content (AvgIpc) is 2.09. The Morgan fingerprint density at radius 3 is 2.50 bits per heavy atom. The molecular weight excluding hydrogens is 150 g/mol. The summed E-state index contributed by atoms with van der Waals surface area (Å²) in [5, 5.41) is 10.5. The summed E-state index contributed by atoms with van der Waals surface area (Å²) in [7, 11) is 0. The molecule has 0 N–H and O–H groups in total. The monoisotopic (exact) mass is 170 g/mol. The third kappa shape index (κ3) is 3.11. The minimum atomic E-state index is 0.0754. The highest BCUT2D eigenvalue weighted by molar-refractivity contribution is 4.70. The van der Waals surface area contributed by atoms with Crippen molar-refractivity contribution >= 4 is 0 Å². The van der Waals surface area contributed by atoms with Crippen LogP contribution in [0, 0.1) is 11.8 Å². The van der Waals surface area contributed by atoms with Crippen LogP contribution >= 0.6 is 0 Å². The fourth-order valence-electron chi connectivity index (χ4n) is 1.74. The van der Waals surface area contributed by atoms with Gasteiger partial charge in [-0.05, 0) is 37.8 Å². The molecule has 0 bridgehead atoms. The molecule has 0 aromatic carbocycles. The van der Waals surface area contributed by atoms with Crippen molar-refractivity contribution in [3.05, 3.63) is 0 Å². The lowest BCUT2D eigenvalue weighted by molar-refractivity contribution is 0.105. The van der Waals surface area contributed by atoms with Crippen LogP contribution in [0.2, 0.25) is 0 Å². The molecule has 0 spiro atoms. The lowest BCUT2D eigenvalue weighted by atomic mass is 9.98. The Bertz CT molecular complexity index is 119. The van der Waals surface area contributed by atoms with Crippen molar-refractivity contribution in [3.8, 4) is 0 Å². The van der Waals surface area contributed by atoms with Gasteiger partial charge in [0, 0.05) is 6.54 Å². The van der Waals surface area contributed by atoms with Crippen LogP contribution in [-0.2, 0) is 5.11 Å². The highest BCUT2D eigenvalue weighted by atomic mass is 16.3. The van der Waals surface area contributed by atoms with Crippen LogP contribution in [0.15, 0.2) is 0 Å². The van der Waals surface area contributed by atoms with E-state index in [-0.39, 0.29) is 6.61 Å². The van der Waals surface area contributed by atoms with E-state index in [0.29, 0.717) is 5.92 Å². The fraction of sp³-hybridized carbons (Fsp3) is 1.00. The van der Waals surface area contributed by atoms with Crippen molar-refractivity contribution in [3.63, 3.8) is 0 Å². The molecule has 1 radical (unpaired) electrons. The van der Waals surface area contributed by atoms with Crippen molar-refractivity contribution in [2.45, 2.75) is 26.7 Å². The Kier molecular flexibility index (Phi) is 4.02. The van der Waals surface area contributed by atoms with E-state index in [1.54, 1.807) is 0 Å². The second-order valence-electron chi connectivity index (χ2n) is 4.25. The predicted molar refractivity (Wildman–Crippen MR) is 49.6 cm³/mol. The predicted octanol–water partition coefficient (Wildman–Crippen LogP) is 1.78. The summed E-state index contributed by atoms with van der Waals surface area (Å²) in [6, 6.07) is 0. The van der Waals surface area contributed by atoms with Crippen LogP contribution in [0.1, 0.15) is 26.7 Å². The van der Waals surface area contributed by atoms with Crippen molar-refractivity contribution < 1.29 is 5.11 Å². The van der Waals surface area contributed by atoms with Crippen molar-refractivity contribution in [2.75, 3.05) is 26.2 Å². The highest BCUT2D eigenvalue weighted by Gasteiger charge is 2.16. The van der Waals surface area contributed by atoms with Crippen LogP contribution in [0.5, 0.6) is 0 Å². The molecule has 0 aromatic heterocycles. The maximum atomic E-state index is 10.5. The number of rotatable bonds is 3. The third-order valence-corrected chi connectivity index (χ3v) is 2.73. The zero-order chi connectivity index (χ0) is 8.97. The van der Waals surface area contributed by atoms with Crippen LogP contribution < -0.4 is 0 Å². The van der Waals surface area contributed by atoms with Gasteiger partial charge >= 0.3 is 0 Å². The minimum Gasteiger partial charge on any atom is -0.303 e. The van der Waals surface area contributed by atoms with E-state index >= 15 is 0 Å². The molecule has 2 heteroatoms. The largest absolute Gasteiger partial charge is 0.303 e. The summed E-state index contributed by atoms with van der Waals surface area (Å²) in [6.07, 6.45) is 2.62. The Labute approximate surface area is 75.6 Å². The van der Waals surface area contributed by atoms with Gasteiger partial charge in [0.2, 0.25) is 0 Å². The summed E-state index contributed by atoms with van der Waals surface area (Å²) < 4.78 is 0. The zero-order valence-electron chi connectivity index (χ0n) is 8.25. The smallest absolute Gasteiger partial charge is 0.0860 e. The first kappa shape index (κ1) is 10.0. The lowest BCUT2D eigenvalue weighted by Crippen LogP contribution is -2.36. The van der Waals surface area contributed by atoms with Gasteiger partial charge in [0.1, 0.15) is 0 Å². The number of hydrogen-bond donors (Lipinski definition) is 0. The van der Waals surface area contributed by atoms with Crippen LogP contribution in [0.4, 0.5) is 0 Å². The normalized spacial score (nSPS) is 24.2. The molecule has 2 nitrogen and oxygen atoms in total. The molecule has 0 aliphatic carbocycles. The summed E-state index contributed by atoms with van der Waals surface area (Å²) in [4.78, 5) is 2.43. The molecule has 1 fully saturated rings. The van der Waals surface area contributed by atoms with Gasteiger partial charge < -0.3 is 4.90 Å². The summed E-state index contributed by atoms with van der Waals surface area (Å²) in [5.74, 6) is 1.22. The first-order valence-corrected chi connectivity index (χ1v) is 5.03. The molecule has 1 rings (SSSR count). The first-order valence-electron chi connectivity index (χ1n) is 5.03. The zero-order valence-corrected chi connectivity index (χ0v) is 8.25. The molecule has 1 heterocycles. The standard InChI is InChI=1S/C10H20NO/c1-9-3-5-11(6-4-9)7-10(2)8-12/h9-10H,3-8H2,1-2H3. The van der Waals surface area contributed by atoms with Gasteiger partial charge in [-0.1, -0.05) is 13.8 Å². The van der Waals surface area contributed by atoms with E-state index in [9.17, 15) is 5.11 Å². The van der Waals surface area contributed by atoms with Gasteiger partial charge in [-0.25, -0.2) is 5.11 Å². The molecular formula is C10H20NO. The van der Waals surface area contributed by atoms with Gasteiger partial charge in [0.15, 0.2) is 0 Å². The SMILES string of the molecule is CC1CCN(CC(C)C[O])CC1. The van der Waals surface area contributed by atoms with Gasteiger partial charge in [-0.15, -0.1) is 0 Å². The van der Waals surface area contributed by atoms with Gasteiger partial charge in [-0.3, -0.25) is 0 Å². The molecule has 1 aliphatic rings. The highest BCUT2D eigenvalue weighted by Crippen LogP contribution is 2.16. The van der Waals surface area contributed by atoms with Crippen molar-refractivity contribution in [1.82, 2.24) is 4.90 Å². The summed E-state index contributed by atoms with van der Waals surface area (Å²) >= 11 is 0. The van der Waals surface area contributed by atoms with Crippen LogP contribution in [0.3, 0.4) is 0 Å². The van der Waals surface area contributed by atoms with Gasteiger partial charge in [0.05, 0.1) is 6.61 Å². The van der Waals surface area contributed by atoms with E-state index in [1.165, 1.54) is 25.9 Å².